The Bertz CT molecular complexity index is 351. The standard InChI is InChI=1S/C17H29NO/c1-6-13-19-15-10-7-14(8-11-15)9-12-16(18-5)17(2,3)4/h7-8,10-11,16,18H,6,9,12-13H2,1-5H3. The molecule has 0 aliphatic rings. The molecule has 0 aliphatic heterocycles. The van der Waals surface area contributed by atoms with Crippen LogP contribution in [0.4, 0.5) is 0 Å². The van der Waals surface area contributed by atoms with Gasteiger partial charge in [-0.1, -0.05) is 39.8 Å². The minimum Gasteiger partial charge on any atom is -0.494 e. The van der Waals surface area contributed by atoms with Gasteiger partial charge in [0.25, 0.3) is 0 Å². The van der Waals surface area contributed by atoms with Crippen molar-refractivity contribution in [3.05, 3.63) is 29.8 Å². The molecule has 2 heteroatoms. The third-order valence-electron chi connectivity index (χ3n) is 3.51. The fraction of sp³-hybridized carbons (Fsp3) is 0.647. The van der Waals surface area contributed by atoms with E-state index in [0.29, 0.717) is 11.5 Å². The van der Waals surface area contributed by atoms with Gasteiger partial charge in [0.1, 0.15) is 5.75 Å². The maximum atomic E-state index is 5.60. The van der Waals surface area contributed by atoms with Crippen LogP contribution in [0.2, 0.25) is 0 Å². The molecule has 0 aromatic heterocycles. The van der Waals surface area contributed by atoms with E-state index in [0.717, 1.165) is 31.6 Å². The third kappa shape index (κ3) is 5.65. The van der Waals surface area contributed by atoms with Crippen molar-refractivity contribution >= 4 is 0 Å². The molecule has 1 aromatic carbocycles. The molecule has 0 bridgehead atoms. The van der Waals surface area contributed by atoms with Crippen molar-refractivity contribution < 1.29 is 4.74 Å². The van der Waals surface area contributed by atoms with Gasteiger partial charge >= 0.3 is 0 Å². The highest BCUT2D eigenvalue weighted by Gasteiger charge is 2.22. The number of rotatable bonds is 7. The predicted molar refractivity (Wildman–Crippen MR) is 82.9 cm³/mol. The minimum atomic E-state index is 0.304. The van der Waals surface area contributed by atoms with Crippen LogP contribution in [-0.2, 0) is 6.42 Å². The molecule has 0 heterocycles. The first kappa shape index (κ1) is 16.0. The number of aryl methyl sites for hydroxylation is 1. The van der Waals surface area contributed by atoms with Crippen molar-refractivity contribution in [2.45, 2.75) is 53.0 Å². The Labute approximate surface area is 118 Å². The summed E-state index contributed by atoms with van der Waals surface area (Å²) in [5.74, 6) is 0.978. The second kappa shape index (κ2) is 7.54. The van der Waals surface area contributed by atoms with E-state index in [1.165, 1.54) is 5.56 Å². The zero-order valence-electron chi connectivity index (χ0n) is 13.1. The quantitative estimate of drug-likeness (QED) is 0.801. The number of hydrogen-bond donors (Lipinski definition) is 1. The van der Waals surface area contributed by atoms with Gasteiger partial charge in [-0.3, -0.25) is 0 Å². The molecule has 108 valence electrons. The Morgan fingerprint density at radius 3 is 2.26 bits per heavy atom. The lowest BCUT2D eigenvalue weighted by Gasteiger charge is -2.30. The SMILES string of the molecule is CCCOc1ccc(CCC(NC)C(C)(C)C)cc1. The Kier molecular flexibility index (Phi) is 6.36. The van der Waals surface area contributed by atoms with Gasteiger partial charge in [-0.05, 0) is 49.4 Å². The van der Waals surface area contributed by atoms with E-state index in [1.54, 1.807) is 0 Å². The lowest BCUT2D eigenvalue weighted by atomic mass is 9.83. The van der Waals surface area contributed by atoms with Crippen molar-refractivity contribution in [2.24, 2.45) is 5.41 Å². The number of hydrogen-bond acceptors (Lipinski definition) is 2. The Morgan fingerprint density at radius 2 is 1.79 bits per heavy atom. The number of nitrogens with one attached hydrogen (secondary N) is 1. The molecular weight excluding hydrogens is 234 g/mol. The molecule has 1 rings (SSSR count). The molecule has 0 aliphatic carbocycles. The van der Waals surface area contributed by atoms with E-state index >= 15 is 0 Å². The first-order chi connectivity index (χ1) is 8.97. The summed E-state index contributed by atoms with van der Waals surface area (Å²) < 4.78 is 5.60. The largest absolute Gasteiger partial charge is 0.494 e. The predicted octanol–water partition coefficient (Wildman–Crippen LogP) is 4.04. The van der Waals surface area contributed by atoms with Crippen molar-refractivity contribution in [1.82, 2.24) is 5.32 Å². The molecule has 0 saturated heterocycles. The zero-order chi connectivity index (χ0) is 14.3. The number of ether oxygens (including phenoxy) is 1. The van der Waals surface area contributed by atoms with Crippen LogP contribution in [0.25, 0.3) is 0 Å². The average molecular weight is 263 g/mol. The van der Waals surface area contributed by atoms with Crippen LogP contribution in [0.1, 0.15) is 46.1 Å². The molecule has 2 nitrogen and oxygen atoms in total. The van der Waals surface area contributed by atoms with Crippen molar-refractivity contribution in [3.63, 3.8) is 0 Å². The zero-order valence-corrected chi connectivity index (χ0v) is 13.1. The fourth-order valence-corrected chi connectivity index (χ4v) is 2.29. The molecule has 1 aromatic rings. The molecule has 1 atom stereocenters. The van der Waals surface area contributed by atoms with Gasteiger partial charge in [0.15, 0.2) is 0 Å². The normalized spacial score (nSPS) is 13.3. The minimum absolute atomic E-state index is 0.304. The summed E-state index contributed by atoms with van der Waals surface area (Å²) in [6.07, 6.45) is 3.32. The van der Waals surface area contributed by atoms with Gasteiger partial charge in [-0.2, -0.15) is 0 Å². The van der Waals surface area contributed by atoms with Gasteiger partial charge in [-0.15, -0.1) is 0 Å². The van der Waals surface area contributed by atoms with Gasteiger partial charge in [0.05, 0.1) is 6.61 Å². The van der Waals surface area contributed by atoms with Gasteiger partial charge in [0.2, 0.25) is 0 Å². The van der Waals surface area contributed by atoms with Crippen molar-refractivity contribution in [1.29, 1.82) is 0 Å². The van der Waals surface area contributed by atoms with E-state index in [1.807, 2.05) is 0 Å². The lowest BCUT2D eigenvalue weighted by molar-refractivity contribution is 0.268. The van der Waals surface area contributed by atoms with E-state index < -0.39 is 0 Å². The lowest BCUT2D eigenvalue weighted by Crippen LogP contribution is -2.38. The highest BCUT2D eigenvalue weighted by molar-refractivity contribution is 5.27. The van der Waals surface area contributed by atoms with Crippen molar-refractivity contribution in [2.75, 3.05) is 13.7 Å². The first-order valence-electron chi connectivity index (χ1n) is 7.36. The molecule has 0 amide bonds. The highest BCUT2D eigenvalue weighted by atomic mass is 16.5. The molecule has 0 radical (unpaired) electrons. The van der Waals surface area contributed by atoms with Crippen LogP contribution in [0, 0.1) is 5.41 Å². The van der Waals surface area contributed by atoms with Crippen LogP contribution >= 0.6 is 0 Å². The molecule has 0 spiro atoms. The van der Waals surface area contributed by atoms with Gasteiger partial charge < -0.3 is 10.1 Å². The molecule has 0 fully saturated rings. The van der Waals surface area contributed by atoms with Gasteiger partial charge in [0, 0.05) is 6.04 Å². The molecule has 1 N–H and O–H groups in total. The van der Waals surface area contributed by atoms with Crippen LogP contribution in [-0.4, -0.2) is 19.7 Å². The van der Waals surface area contributed by atoms with Gasteiger partial charge in [-0.25, -0.2) is 0 Å². The molecule has 19 heavy (non-hydrogen) atoms. The maximum Gasteiger partial charge on any atom is 0.119 e. The topological polar surface area (TPSA) is 21.3 Å². The Hall–Kier alpha value is -1.02. The summed E-state index contributed by atoms with van der Waals surface area (Å²) in [6.45, 7) is 9.78. The second-order valence-corrected chi connectivity index (χ2v) is 6.24. The van der Waals surface area contributed by atoms with E-state index in [9.17, 15) is 0 Å². The Balaban J connectivity index is 2.49. The average Bonchev–Trinajstić information content (AvgIpc) is 2.37. The van der Waals surface area contributed by atoms with E-state index in [2.05, 4.69) is 64.3 Å². The van der Waals surface area contributed by atoms with Crippen LogP contribution in [0.5, 0.6) is 5.75 Å². The Morgan fingerprint density at radius 1 is 1.16 bits per heavy atom. The van der Waals surface area contributed by atoms with Crippen molar-refractivity contribution in [3.8, 4) is 5.75 Å². The summed E-state index contributed by atoms with van der Waals surface area (Å²) in [6, 6.07) is 9.07. The monoisotopic (exact) mass is 263 g/mol. The summed E-state index contributed by atoms with van der Waals surface area (Å²) in [7, 11) is 2.05. The van der Waals surface area contributed by atoms with Crippen LogP contribution < -0.4 is 10.1 Å². The molecule has 0 saturated carbocycles. The smallest absolute Gasteiger partial charge is 0.119 e. The molecule has 1 unspecified atom stereocenters. The van der Waals surface area contributed by atoms with Crippen LogP contribution in [0.15, 0.2) is 24.3 Å². The molecular formula is C17H29NO. The summed E-state index contributed by atoms with van der Waals surface area (Å²) in [5, 5.41) is 3.43. The number of benzene rings is 1. The van der Waals surface area contributed by atoms with Crippen LogP contribution in [0.3, 0.4) is 0 Å². The van der Waals surface area contributed by atoms with E-state index in [-0.39, 0.29) is 0 Å². The maximum absolute atomic E-state index is 5.60. The fourth-order valence-electron chi connectivity index (χ4n) is 2.29. The summed E-state index contributed by atoms with van der Waals surface area (Å²) >= 11 is 0. The second-order valence-electron chi connectivity index (χ2n) is 6.24. The first-order valence-corrected chi connectivity index (χ1v) is 7.36. The highest BCUT2D eigenvalue weighted by Crippen LogP contribution is 2.23. The third-order valence-corrected chi connectivity index (χ3v) is 3.51. The van der Waals surface area contributed by atoms with E-state index in [4.69, 9.17) is 4.74 Å². The summed E-state index contributed by atoms with van der Waals surface area (Å²) in [4.78, 5) is 0. The summed E-state index contributed by atoms with van der Waals surface area (Å²) in [5.41, 5.74) is 1.69.